The number of nitrogens with zero attached hydrogens (tertiary/aromatic N) is 1. The van der Waals surface area contributed by atoms with E-state index in [1.165, 1.54) is 0 Å². The zero-order valence-corrected chi connectivity index (χ0v) is 11.7. The van der Waals surface area contributed by atoms with Crippen LogP contribution in [0.5, 0.6) is 11.5 Å². The molecule has 0 fully saturated rings. The summed E-state index contributed by atoms with van der Waals surface area (Å²) in [5.74, 6) is 2.08. The molecular formula is C12H14BrN3O2. The van der Waals surface area contributed by atoms with Gasteiger partial charge in [0, 0.05) is 5.56 Å². The Morgan fingerprint density at radius 1 is 1.28 bits per heavy atom. The summed E-state index contributed by atoms with van der Waals surface area (Å²) in [6.45, 7) is 0.367. The lowest BCUT2D eigenvalue weighted by Crippen LogP contribution is -1.97. The van der Waals surface area contributed by atoms with Crippen LogP contribution in [0.1, 0.15) is 5.82 Å². The molecule has 0 aliphatic carbocycles. The smallest absolute Gasteiger partial charge is 0.161 e. The molecule has 5 nitrogen and oxygen atoms in total. The van der Waals surface area contributed by atoms with Crippen LogP contribution in [-0.4, -0.2) is 24.2 Å². The molecule has 2 rings (SSSR count). The van der Waals surface area contributed by atoms with Crippen LogP contribution in [0, 0.1) is 0 Å². The number of methoxy groups -OCH3 is 2. The van der Waals surface area contributed by atoms with Gasteiger partial charge in [0.15, 0.2) is 11.5 Å². The Bertz CT molecular complexity index is 554. The number of nitrogens with one attached hydrogen (secondary N) is 1. The van der Waals surface area contributed by atoms with Crippen LogP contribution in [0.15, 0.2) is 22.8 Å². The topological polar surface area (TPSA) is 73.2 Å². The number of benzene rings is 1. The fourth-order valence-electron chi connectivity index (χ4n) is 1.67. The Morgan fingerprint density at radius 3 is 2.56 bits per heavy atom. The molecule has 0 aliphatic rings. The molecule has 0 saturated heterocycles. The number of hydrogen-bond donors (Lipinski definition) is 2. The van der Waals surface area contributed by atoms with Gasteiger partial charge < -0.3 is 20.2 Å². The monoisotopic (exact) mass is 311 g/mol. The number of rotatable bonds is 4. The molecule has 6 heteroatoms. The summed E-state index contributed by atoms with van der Waals surface area (Å²) in [5.41, 5.74) is 7.28. The van der Waals surface area contributed by atoms with E-state index in [-0.39, 0.29) is 0 Å². The minimum absolute atomic E-state index is 0.367. The van der Waals surface area contributed by atoms with Crippen molar-refractivity contribution in [2.24, 2.45) is 5.73 Å². The highest BCUT2D eigenvalue weighted by Gasteiger charge is 2.12. The number of hydrogen-bond acceptors (Lipinski definition) is 4. The van der Waals surface area contributed by atoms with Crippen molar-refractivity contribution in [3.8, 4) is 22.8 Å². The van der Waals surface area contributed by atoms with Crippen LogP contribution in [0.4, 0.5) is 0 Å². The van der Waals surface area contributed by atoms with E-state index in [2.05, 4.69) is 25.9 Å². The Kier molecular flexibility index (Phi) is 3.88. The second-order valence-corrected chi connectivity index (χ2v) is 4.41. The molecule has 0 amide bonds. The van der Waals surface area contributed by atoms with Crippen LogP contribution in [0.25, 0.3) is 11.3 Å². The number of ether oxygens (including phenoxy) is 2. The van der Waals surface area contributed by atoms with E-state index in [1.54, 1.807) is 14.2 Å². The molecule has 2 aromatic rings. The highest BCUT2D eigenvalue weighted by Crippen LogP contribution is 2.34. The van der Waals surface area contributed by atoms with Gasteiger partial charge >= 0.3 is 0 Å². The van der Waals surface area contributed by atoms with E-state index in [4.69, 9.17) is 15.2 Å². The zero-order valence-electron chi connectivity index (χ0n) is 10.2. The van der Waals surface area contributed by atoms with Gasteiger partial charge in [0.05, 0.1) is 20.8 Å². The largest absolute Gasteiger partial charge is 0.493 e. The summed E-state index contributed by atoms with van der Waals surface area (Å²) in [4.78, 5) is 7.47. The van der Waals surface area contributed by atoms with E-state index < -0.39 is 0 Å². The number of halogens is 1. The van der Waals surface area contributed by atoms with Crippen molar-refractivity contribution in [2.75, 3.05) is 14.2 Å². The van der Waals surface area contributed by atoms with Crippen molar-refractivity contribution < 1.29 is 9.47 Å². The van der Waals surface area contributed by atoms with Crippen molar-refractivity contribution in [1.82, 2.24) is 9.97 Å². The predicted octanol–water partition coefficient (Wildman–Crippen LogP) is 2.32. The number of aromatic nitrogens is 2. The van der Waals surface area contributed by atoms with Gasteiger partial charge in [0.1, 0.15) is 16.1 Å². The lowest BCUT2D eigenvalue weighted by molar-refractivity contribution is 0.355. The standard InChI is InChI=1S/C12H14BrN3O2/c1-17-8-4-3-7(5-9(8)18-2)11-12(13)16-10(6-14)15-11/h3-5H,6,14H2,1-2H3,(H,15,16). The van der Waals surface area contributed by atoms with Crippen molar-refractivity contribution in [3.05, 3.63) is 28.6 Å². The maximum Gasteiger partial charge on any atom is 0.161 e. The Morgan fingerprint density at radius 2 is 2.00 bits per heavy atom. The molecule has 96 valence electrons. The summed E-state index contributed by atoms with van der Waals surface area (Å²) in [7, 11) is 3.21. The minimum atomic E-state index is 0.367. The molecule has 0 spiro atoms. The molecule has 1 aromatic heterocycles. The average molecular weight is 312 g/mol. The Hall–Kier alpha value is -1.53. The third-order valence-electron chi connectivity index (χ3n) is 2.56. The van der Waals surface area contributed by atoms with Gasteiger partial charge in [0.2, 0.25) is 0 Å². The maximum absolute atomic E-state index is 5.55. The molecule has 1 heterocycles. The molecular weight excluding hydrogens is 298 g/mol. The predicted molar refractivity (Wildman–Crippen MR) is 72.7 cm³/mol. The fraction of sp³-hybridized carbons (Fsp3) is 0.250. The molecule has 3 N–H and O–H groups in total. The van der Waals surface area contributed by atoms with Crippen LogP contribution in [-0.2, 0) is 6.54 Å². The summed E-state index contributed by atoms with van der Waals surface area (Å²) in [5, 5.41) is 0. The lowest BCUT2D eigenvalue weighted by Gasteiger charge is -2.08. The molecule has 0 unspecified atom stereocenters. The van der Waals surface area contributed by atoms with Gasteiger partial charge in [0.25, 0.3) is 0 Å². The Labute approximate surface area is 113 Å². The highest BCUT2D eigenvalue weighted by atomic mass is 79.9. The lowest BCUT2D eigenvalue weighted by atomic mass is 10.1. The van der Waals surface area contributed by atoms with E-state index in [1.807, 2.05) is 18.2 Å². The van der Waals surface area contributed by atoms with Crippen molar-refractivity contribution in [3.63, 3.8) is 0 Å². The normalized spacial score (nSPS) is 10.4. The number of aromatic amines is 1. The highest BCUT2D eigenvalue weighted by molar-refractivity contribution is 9.10. The van der Waals surface area contributed by atoms with Gasteiger partial charge in [-0.05, 0) is 34.1 Å². The SMILES string of the molecule is COc1ccc(-c2nc(CN)[nH]c2Br)cc1OC. The van der Waals surface area contributed by atoms with Crippen LogP contribution in [0.3, 0.4) is 0 Å². The summed E-state index contributed by atoms with van der Waals surface area (Å²) in [6.07, 6.45) is 0. The van der Waals surface area contributed by atoms with E-state index >= 15 is 0 Å². The third kappa shape index (κ3) is 2.34. The quantitative estimate of drug-likeness (QED) is 0.908. The molecule has 1 aromatic carbocycles. The van der Waals surface area contributed by atoms with Gasteiger partial charge in [-0.3, -0.25) is 0 Å². The number of nitrogens with two attached hydrogens (primary N) is 1. The average Bonchev–Trinajstić information content (AvgIpc) is 2.79. The maximum atomic E-state index is 5.55. The van der Waals surface area contributed by atoms with Gasteiger partial charge in [-0.2, -0.15) is 0 Å². The van der Waals surface area contributed by atoms with Crippen LogP contribution in [0.2, 0.25) is 0 Å². The second-order valence-electron chi connectivity index (χ2n) is 3.62. The zero-order chi connectivity index (χ0) is 13.1. The van der Waals surface area contributed by atoms with Gasteiger partial charge in [-0.1, -0.05) is 0 Å². The van der Waals surface area contributed by atoms with Gasteiger partial charge in [-0.25, -0.2) is 4.98 Å². The molecule has 18 heavy (non-hydrogen) atoms. The Balaban J connectivity index is 2.47. The summed E-state index contributed by atoms with van der Waals surface area (Å²) < 4.78 is 11.3. The van der Waals surface area contributed by atoms with E-state index in [0.717, 1.165) is 21.7 Å². The molecule has 0 bridgehead atoms. The second kappa shape index (κ2) is 5.41. The van der Waals surface area contributed by atoms with E-state index in [0.29, 0.717) is 18.0 Å². The molecule has 0 saturated carbocycles. The fourth-order valence-corrected chi connectivity index (χ4v) is 2.22. The molecule has 0 aliphatic heterocycles. The summed E-state index contributed by atoms with van der Waals surface area (Å²) >= 11 is 3.43. The number of H-pyrrole nitrogens is 1. The van der Waals surface area contributed by atoms with Crippen molar-refractivity contribution in [1.29, 1.82) is 0 Å². The van der Waals surface area contributed by atoms with Crippen molar-refractivity contribution >= 4 is 15.9 Å². The molecule has 0 radical (unpaired) electrons. The first-order valence-electron chi connectivity index (χ1n) is 5.36. The first-order valence-corrected chi connectivity index (χ1v) is 6.15. The van der Waals surface area contributed by atoms with Gasteiger partial charge in [-0.15, -0.1) is 0 Å². The third-order valence-corrected chi connectivity index (χ3v) is 3.13. The van der Waals surface area contributed by atoms with Crippen molar-refractivity contribution in [2.45, 2.75) is 6.54 Å². The van der Waals surface area contributed by atoms with E-state index in [9.17, 15) is 0 Å². The van der Waals surface area contributed by atoms with Crippen LogP contribution < -0.4 is 15.2 Å². The minimum Gasteiger partial charge on any atom is -0.493 e. The molecule has 0 atom stereocenters. The van der Waals surface area contributed by atoms with Crippen LogP contribution >= 0.6 is 15.9 Å². The number of imidazole rings is 1. The summed E-state index contributed by atoms with van der Waals surface area (Å²) in [6, 6.07) is 5.64. The first-order chi connectivity index (χ1) is 8.69. The first kappa shape index (κ1) is 12.9.